The van der Waals surface area contributed by atoms with E-state index in [4.69, 9.17) is 15.2 Å². The van der Waals surface area contributed by atoms with Crippen molar-refractivity contribution in [3.8, 4) is 11.5 Å². The van der Waals surface area contributed by atoms with Crippen LogP contribution in [0.5, 0.6) is 11.5 Å². The first-order chi connectivity index (χ1) is 7.59. The van der Waals surface area contributed by atoms with Crippen LogP contribution in [0.1, 0.15) is 18.4 Å². The predicted octanol–water partition coefficient (Wildman–Crippen LogP) is 1.01. The Morgan fingerprint density at radius 2 is 2.00 bits per heavy atom. The minimum absolute atomic E-state index is 0.305. The summed E-state index contributed by atoms with van der Waals surface area (Å²) in [5.74, 6) is 1.50. The highest BCUT2D eigenvalue weighted by Crippen LogP contribution is 2.44. The lowest BCUT2D eigenvalue weighted by atomic mass is 9.70. The highest BCUT2D eigenvalue weighted by atomic mass is 16.5. The summed E-state index contributed by atoms with van der Waals surface area (Å²) in [7, 11) is 3.23. The minimum Gasteiger partial charge on any atom is -0.497 e. The smallest absolute Gasteiger partial charge is 0.124 e. The molecule has 3 N–H and O–H groups in total. The fraction of sp³-hybridized carbons (Fsp3) is 0.500. The Morgan fingerprint density at radius 1 is 1.31 bits per heavy atom. The SMILES string of the molecule is COc1ccc(OC)c(C2(N)CC(O)C2)c1. The van der Waals surface area contributed by atoms with E-state index < -0.39 is 5.54 Å². The summed E-state index contributed by atoms with van der Waals surface area (Å²) in [5.41, 5.74) is 6.63. The quantitative estimate of drug-likeness (QED) is 0.802. The maximum absolute atomic E-state index is 9.38. The summed E-state index contributed by atoms with van der Waals surface area (Å²) in [4.78, 5) is 0. The van der Waals surface area contributed by atoms with Crippen molar-refractivity contribution in [1.82, 2.24) is 0 Å². The molecular formula is C12H17NO3. The molecule has 1 aliphatic rings. The van der Waals surface area contributed by atoms with E-state index in [-0.39, 0.29) is 6.10 Å². The average Bonchev–Trinajstić information content (AvgIpc) is 2.26. The largest absolute Gasteiger partial charge is 0.497 e. The van der Waals surface area contributed by atoms with Gasteiger partial charge in [-0.15, -0.1) is 0 Å². The van der Waals surface area contributed by atoms with Gasteiger partial charge in [-0.1, -0.05) is 0 Å². The molecule has 0 unspecified atom stereocenters. The van der Waals surface area contributed by atoms with Gasteiger partial charge in [0.05, 0.1) is 20.3 Å². The Kier molecular flexibility index (Phi) is 2.78. The van der Waals surface area contributed by atoms with Gasteiger partial charge in [-0.05, 0) is 31.0 Å². The van der Waals surface area contributed by atoms with Crippen LogP contribution in [0.4, 0.5) is 0 Å². The topological polar surface area (TPSA) is 64.7 Å². The van der Waals surface area contributed by atoms with Crippen LogP contribution in [-0.2, 0) is 5.54 Å². The van der Waals surface area contributed by atoms with E-state index in [0.29, 0.717) is 12.8 Å². The minimum atomic E-state index is -0.487. The van der Waals surface area contributed by atoms with E-state index in [1.807, 2.05) is 18.2 Å². The molecule has 1 fully saturated rings. The predicted molar refractivity (Wildman–Crippen MR) is 60.7 cm³/mol. The molecule has 0 radical (unpaired) electrons. The maximum atomic E-state index is 9.38. The maximum Gasteiger partial charge on any atom is 0.124 e. The third-order valence-electron chi connectivity index (χ3n) is 3.14. The second kappa shape index (κ2) is 3.96. The molecule has 0 spiro atoms. The van der Waals surface area contributed by atoms with Gasteiger partial charge < -0.3 is 20.3 Å². The number of rotatable bonds is 3. The van der Waals surface area contributed by atoms with Crippen LogP contribution >= 0.6 is 0 Å². The second-order valence-electron chi connectivity index (χ2n) is 4.28. The summed E-state index contributed by atoms with van der Waals surface area (Å²) in [6, 6.07) is 5.55. The van der Waals surface area contributed by atoms with Crippen LogP contribution in [0.2, 0.25) is 0 Å². The molecule has 0 saturated heterocycles. The summed E-state index contributed by atoms with van der Waals surface area (Å²) >= 11 is 0. The summed E-state index contributed by atoms with van der Waals surface area (Å²) < 4.78 is 10.5. The van der Waals surface area contributed by atoms with Crippen molar-refractivity contribution < 1.29 is 14.6 Å². The molecule has 1 aromatic rings. The van der Waals surface area contributed by atoms with Crippen LogP contribution in [0.25, 0.3) is 0 Å². The van der Waals surface area contributed by atoms with Crippen molar-refractivity contribution in [3.05, 3.63) is 23.8 Å². The number of aliphatic hydroxyl groups excluding tert-OH is 1. The molecule has 4 heteroatoms. The van der Waals surface area contributed by atoms with Crippen LogP contribution < -0.4 is 15.2 Å². The zero-order valence-corrected chi connectivity index (χ0v) is 9.56. The van der Waals surface area contributed by atoms with Gasteiger partial charge >= 0.3 is 0 Å². The van der Waals surface area contributed by atoms with E-state index >= 15 is 0 Å². The first-order valence-corrected chi connectivity index (χ1v) is 5.28. The standard InChI is InChI=1S/C12H17NO3/c1-15-9-3-4-11(16-2)10(5-9)12(13)6-8(14)7-12/h3-5,8,14H,6-7,13H2,1-2H3. The van der Waals surface area contributed by atoms with Crippen molar-refractivity contribution in [2.45, 2.75) is 24.5 Å². The number of hydrogen-bond donors (Lipinski definition) is 2. The van der Waals surface area contributed by atoms with Crippen molar-refractivity contribution in [1.29, 1.82) is 0 Å². The molecule has 1 saturated carbocycles. The zero-order valence-electron chi connectivity index (χ0n) is 9.56. The molecule has 1 aromatic carbocycles. The third kappa shape index (κ3) is 1.74. The number of benzene rings is 1. The Bertz CT molecular complexity index is 386. The lowest BCUT2D eigenvalue weighted by molar-refractivity contribution is 0.0197. The molecule has 0 bridgehead atoms. The molecule has 0 atom stereocenters. The van der Waals surface area contributed by atoms with Gasteiger partial charge in [-0.2, -0.15) is 0 Å². The zero-order chi connectivity index (χ0) is 11.8. The fourth-order valence-electron chi connectivity index (χ4n) is 2.20. The van der Waals surface area contributed by atoms with Gasteiger partial charge in [0, 0.05) is 11.1 Å². The van der Waals surface area contributed by atoms with Gasteiger partial charge in [0.1, 0.15) is 11.5 Å². The van der Waals surface area contributed by atoms with Crippen LogP contribution in [0.15, 0.2) is 18.2 Å². The second-order valence-corrected chi connectivity index (χ2v) is 4.28. The molecule has 1 aliphatic carbocycles. The summed E-state index contributed by atoms with van der Waals surface area (Å²) in [6.45, 7) is 0. The third-order valence-corrected chi connectivity index (χ3v) is 3.14. The van der Waals surface area contributed by atoms with E-state index in [1.54, 1.807) is 14.2 Å². The molecule has 0 aromatic heterocycles. The monoisotopic (exact) mass is 223 g/mol. The summed E-state index contributed by atoms with van der Waals surface area (Å²) in [5, 5.41) is 9.38. The van der Waals surface area contributed by atoms with Crippen LogP contribution in [0.3, 0.4) is 0 Å². The van der Waals surface area contributed by atoms with E-state index in [2.05, 4.69) is 0 Å². The summed E-state index contributed by atoms with van der Waals surface area (Å²) in [6.07, 6.45) is 0.827. The van der Waals surface area contributed by atoms with Gasteiger partial charge in [0.15, 0.2) is 0 Å². The Labute approximate surface area is 95.0 Å². The normalized spacial score (nSPS) is 28.4. The number of methoxy groups -OCH3 is 2. The number of nitrogens with two attached hydrogens (primary N) is 1. The highest BCUT2D eigenvalue weighted by Gasteiger charge is 2.43. The average molecular weight is 223 g/mol. The first kappa shape index (κ1) is 11.2. The Morgan fingerprint density at radius 3 is 2.50 bits per heavy atom. The number of hydrogen-bond acceptors (Lipinski definition) is 4. The molecular weight excluding hydrogens is 206 g/mol. The van der Waals surface area contributed by atoms with Crippen molar-refractivity contribution in [3.63, 3.8) is 0 Å². The van der Waals surface area contributed by atoms with Gasteiger partial charge in [-0.25, -0.2) is 0 Å². The molecule has 2 rings (SSSR count). The molecule has 0 heterocycles. The fourth-order valence-corrected chi connectivity index (χ4v) is 2.20. The van der Waals surface area contributed by atoms with Crippen molar-refractivity contribution >= 4 is 0 Å². The van der Waals surface area contributed by atoms with E-state index in [1.165, 1.54) is 0 Å². The van der Waals surface area contributed by atoms with E-state index in [0.717, 1.165) is 17.1 Å². The van der Waals surface area contributed by atoms with Crippen molar-refractivity contribution in [2.75, 3.05) is 14.2 Å². The number of ether oxygens (including phenoxy) is 2. The molecule has 0 aliphatic heterocycles. The van der Waals surface area contributed by atoms with Crippen molar-refractivity contribution in [2.24, 2.45) is 5.73 Å². The van der Waals surface area contributed by atoms with E-state index in [9.17, 15) is 5.11 Å². The van der Waals surface area contributed by atoms with Crippen LogP contribution in [0, 0.1) is 0 Å². The van der Waals surface area contributed by atoms with Crippen LogP contribution in [-0.4, -0.2) is 25.4 Å². The first-order valence-electron chi connectivity index (χ1n) is 5.28. The van der Waals surface area contributed by atoms with Gasteiger partial charge in [0.25, 0.3) is 0 Å². The molecule has 4 nitrogen and oxygen atoms in total. The number of aliphatic hydroxyl groups is 1. The lowest BCUT2D eigenvalue weighted by Gasteiger charge is -2.43. The van der Waals surface area contributed by atoms with Gasteiger partial charge in [0.2, 0.25) is 0 Å². The Balaban J connectivity index is 2.37. The molecule has 88 valence electrons. The van der Waals surface area contributed by atoms with Gasteiger partial charge in [-0.3, -0.25) is 0 Å². The highest BCUT2D eigenvalue weighted by molar-refractivity contribution is 5.45. The lowest BCUT2D eigenvalue weighted by Crippen LogP contribution is -2.51. The Hall–Kier alpha value is -1.26. The molecule has 0 amide bonds. The molecule has 16 heavy (non-hydrogen) atoms.